The van der Waals surface area contributed by atoms with Crippen LogP contribution in [-0.4, -0.2) is 16.0 Å². The first-order valence-electron chi connectivity index (χ1n) is 5.08. The minimum atomic E-state index is -0.988. The number of nitrogens with two attached hydrogens (primary N) is 1. The molecule has 0 aliphatic carbocycles. The second kappa shape index (κ2) is 6.60. The van der Waals surface area contributed by atoms with Gasteiger partial charge in [0.25, 0.3) is 0 Å². The summed E-state index contributed by atoms with van der Waals surface area (Å²) in [5.74, 6) is 0.909. The summed E-state index contributed by atoms with van der Waals surface area (Å²) >= 11 is 11.9. The molecule has 0 bridgehead atoms. The topological polar surface area (TPSA) is 43.1 Å². The molecule has 16 heavy (non-hydrogen) atoms. The van der Waals surface area contributed by atoms with E-state index in [1.165, 1.54) is 0 Å². The van der Waals surface area contributed by atoms with Crippen LogP contribution in [-0.2, 0) is 16.6 Å². The van der Waals surface area contributed by atoms with Crippen LogP contribution in [0.5, 0.6) is 0 Å². The van der Waals surface area contributed by atoms with Gasteiger partial charge in [0.2, 0.25) is 0 Å². The standard InChI is InChI=1S/C11H15Cl2NOS/c1-2-9(14)7-16(15)6-8-4-3-5-10(12)11(8)13/h3-5,9H,2,6-7,14H2,1H3. The highest BCUT2D eigenvalue weighted by molar-refractivity contribution is 7.84. The fraction of sp³-hybridized carbons (Fsp3) is 0.455. The van der Waals surface area contributed by atoms with Gasteiger partial charge >= 0.3 is 0 Å². The van der Waals surface area contributed by atoms with Gasteiger partial charge in [0, 0.05) is 22.6 Å². The predicted octanol–water partition coefficient (Wildman–Crippen LogP) is 2.98. The third-order valence-electron chi connectivity index (χ3n) is 2.27. The lowest BCUT2D eigenvalue weighted by Crippen LogP contribution is -2.26. The molecule has 90 valence electrons. The summed E-state index contributed by atoms with van der Waals surface area (Å²) in [6.45, 7) is 1.98. The molecule has 5 heteroatoms. The van der Waals surface area contributed by atoms with Gasteiger partial charge in [0.1, 0.15) is 0 Å². The zero-order valence-corrected chi connectivity index (χ0v) is 11.4. The van der Waals surface area contributed by atoms with E-state index in [9.17, 15) is 4.21 Å². The molecule has 1 aromatic carbocycles. The second-order valence-corrected chi connectivity index (χ2v) is 5.92. The summed E-state index contributed by atoms with van der Waals surface area (Å²) < 4.78 is 11.8. The number of benzene rings is 1. The van der Waals surface area contributed by atoms with E-state index >= 15 is 0 Å². The maximum absolute atomic E-state index is 11.8. The average molecular weight is 280 g/mol. The van der Waals surface area contributed by atoms with Crippen LogP contribution in [0.25, 0.3) is 0 Å². The van der Waals surface area contributed by atoms with Crippen LogP contribution in [0, 0.1) is 0 Å². The van der Waals surface area contributed by atoms with Gasteiger partial charge in [-0.3, -0.25) is 4.21 Å². The average Bonchev–Trinajstić information content (AvgIpc) is 2.24. The number of halogens is 2. The van der Waals surface area contributed by atoms with E-state index in [0.29, 0.717) is 21.6 Å². The van der Waals surface area contributed by atoms with E-state index in [1.54, 1.807) is 12.1 Å². The first-order valence-corrected chi connectivity index (χ1v) is 7.32. The van der Waals surface area contributed by atoms with Gasteiger partial charge in [0.15, 0.2) is 0 Å². The highest BCUT2D eigenvalue weighted by atomic mass is 35.5. The summed E-state index contributed by atoms with van der Waals surface area (Å²) in [6.07, 6.45) is 0.828. The Labute approximate surface area is 109 Å². The molecule has 1 rings (SSSR count). The molecule has 2 nitrogen and oxygen atoms in total. The molecule has 1 aromatic rings. The highest BCUT2D eigenvalue weighted by Gasteiger charge is 2.10. The van der Waals surface area contributed by atoms with E-state index in [1.807, 2.05) is 13.0 Å². The second-order valence-electron chi connectivity index (χ2n) is 3.63. The van der Waals surface area contributed by atoms with Gasteiger partial charge in [-0.2, -0.15) is 0 Å². The summed E-state index contributed by atoms with van der Waals surface area (Å²) in [6, 6.07) is 5.34. The molecule has 0 aliphatic heterocycles. The molecule has 0 saturated carbocycles. The molecule has 0 fully saturated rings. The van der Waals surface area contributed by atoms with Crippen molar-refractivity contribution in [3.8, 4) is 0 Å². The minimum absolute atomic E-state index is 0.0150. The molecule has 0 aliphatic rings. The molecule has 0 spiro atoms. The van der Waals surface area contributed by atoms with Crippen molar-refractivity contribution in [2.24, 2.45) is 5.73 Å². The normalized spacial score (nSPS) is 14.8. The van der Waals surface area contributed by atoms with Crippen molar-refractivity contribution in [2.75, 3.05) is 5.75 Å². The van der Waals surface area contributed by atoms with E-state index in [2.05, 4.69) is 0 Å². The van der Waals surface area contributed by atoms with Crippen LogP contribution >= 0.6 is 23.2 Å². The van der Waals surface area contributed by atoms with Gasteiger partial charge in [0.05, 0.1) is 15.8 Å². The van der Waals surface area contributed by atoms with E-state index < -0.39 is 10.8 Å². The van der Waals surface area contributed by atoms with Crippen LogP contribution < -0.4 is 5.73 Å². The van der Waals surface area contributed by atoms with Gasteiger partial charge in [-0.1, -0.05) is 42.3 Å². The molecular formula is C11H15Cl2NOS. The molecule has 0 heterocycles. The fourth-order valence-corrected chi connectivity index (χ4v) is 3.13. The Kier molecular flexibility index (Phi) is 5.76. The van der Waals surface area contributed by atoms with Crippen LogP contribution in [0.3, 0.4) is 0 Å². The molecule has 2 atom stereocenters. The maximum Gasteiger partial charge on any atom is 0.0633 e. The first kappa shape index (κ1) is 14.0. The summed E-state index contributed by atoms with van der Waals surface area (Å²) in [4.78, 5) is 0. The lowest BCUT2D eigenvalue weighted by atomic mass is 10.2. The predicted molar refractivity (Wildman–Crippen MR) is 71.4 cm³/mol. The van der Waals surface area contributed by atoms with Crippen molar-refractivity contribution in [2.45, 2.75) is 25.1 Å². The zero-order valence-electron chi connectivity index (χ0n) is 9.08. The van der Waals surface area contributed by atoms with Crippen molar-refractivity contribution in [3.05, 3.63) is 33.8 Å². The van der Waals surface area contributed by atoms with Gasteiger partial charge < -0.3 is 5.73 Å². The Morgan fingerprint density at radius 1 is 1.44 bits per heavy atom. The summed E-state index contributed by atoms with van der Waals surface area (Å²) in [5, 5.41) is 0.985. The Bertz CT molecular complexity index is 384. The monoisotopic (exact) mass is 279 g/mol. The third kappa shape index (κ3) is 4.06. The first-order chi connectivity index (χ1) is 7.54. The number of hydrogen-bond donors (Lipinski definition) is 1. The SMILES string of the molecule is CCC(N)CS(=O)Cc1cccc(Cl)c1Cl. The fourth-order valence-electron chi connectivity index (χ4n) is 1.25. The summed E-state index contributed by atoms with van der Waals surface area (Å²) in [7, 11) is -0.988. The molecule has 0 saturated heterocycles. The quantitative estimate of drug-likeness (QED) is 0.901. The van der Waals surface area contributed by atoms with Crippen LogP contribution in [0.2, 0.25) is 10.0 Å². The molecule has 2 unspecified atom stereocenters. The maximum atomic E-state index is 11.8. The Morgan fingerprint density at radius 2 is 2.12 bits per heavy atom. The molecule has 0 aromatic heterocycles. The lowest BCUT2D eigenvalue weighted by molar-refractivity contribution is 0.663. The van der Waals surface area contributed by atoms with Crippen LogP contribution in [0.1, 0.15) is 18.9 Å². The van der Waals surface area contributed by atoms with Crippen molar-refractivity contribution in [1.29, 1.82) is 0 Å². The molecule has 2 N–H and O–H groups in total. The number of rotatable bonds is 5. The van der Waals surface area contributed by atoms with Gasteiger partial charge in [-0.25, -0.2) is 0 Å². The Morgan fingerprint density at radius 3 is 2.75 bits per heavy atom. The molecular weight excluding hydrogens is 265 g/mol. The van der Waals surface area contributed by atoms with E-state index in [0.717, 1.165) is 12.0 Å². The third-order valence-corrected chi connectivity index (χ3v) is 4.56. The van der Waals surface area contributed by atoms with Crippen LogP contribution in [0.4, 0.5) is 0 Å². The van der Waals surface area contributed by atoms with Crippen LogP contribution in [0.15, 0.2) is 18.2 Å². The lowest BCUT2D eigenvalue weighted by Gasteiger charge is -2.09. The van der Waals surface area contributed by atoms with Crippen molar-refractivity contribution >= 4 is 34.0 Å². The highest BCUT2D eigenvalue weighted by Crippen LogP contribution is 2.26. The van der Waals surface area contributed by atoms with Crippen molar-refractivity contribution in [3.63, 3.8) is 0 Å². The van der Waals surface area contributed by atoms with Crippen molar-refractivity contribution in [1.82, 2.24) is 0 Å². The number of hydrogen-bond acceptors (Lipinski definition) is 2. The minimum Gasteiger partial charge on any atom is -0.327 e. The Hall–Kier alpha value is -0.0900. The largest absolute Gasteiger partial charge is 0.327 e. The van der Waals surface area contributed by atoms with Gasteiger partial charge in [-0.05, 0) is 18.1 Å². The van der Waals surface area contributed by atoms with E-state index in [-0.39, 0.29) is 6.04 Å². The summed E-state index contributed by atoms with van der Waals surface area (Å²) in [5.41, 5.74) is 6.56. The smallest absolute Gasteiger partial charge is 0.0633 e. The zero-order chi connectivity index (χ0) is 12.1. The van der Waals surface area contributed by atoms with Gasteiger partial charge in [-0.15, -0.1) is 0 Å². The molecule has 0 amide bonds. The Balaban J connectivity index is 2.66. The van der Waals surface area contributed by atoms with Crippen molar-refractivity contribution < 1.29 is 4.21 Å². The van der Waals surface area contributed by atoms with E-state index in [4.69, 9.17) is 28.9 Å². The molecule has 0 radical (unpaired) electrons.